The molecule has 1 N–H and O–H groups in total. The summed E-state index contributed by atoms with van der Waals surface area (Å²) in [5.74, 6) is -0.840. The molecular weight excluding hydrogens is 391 g/mol. The topological polar surface area (TPSA) is 49.4 Å². The van der Waals surface area contributed by atoms with E-state index >= 15 is 0 Å². The SMILES string of the molecule is CN1[C@H]2CC[C@@H]1[C@@H](C(=O)NCC(=O)c1ccc(F)cc1)[C@@H](c1ccc(Cl)cc1)C2. The molecule has 0 saturated carbocycles. The second-order valence-electron chi connectivity index (χ2n) is 8.03. The van der Waals surface area contributed by atoms with Crippen LogP contribution in [0.15, 0.2) is 48.5 Å². The van der Waals surface area contributed by atoms with Crippen molar-refractivity contribution in [3.05, 3.63) is 70.5 Å². The van der Waals surface area contributed by atoms with E-state index in [-0.39, 0.29) is 36.1 Å². The third-order valence-corrected chi connectivity index (χ3v) is 6.71. The Balaban J connectivity index is 1.51. The van der Waals surface area contributed by atoms with Crippen molar-refractivity contribution in [2.75, 3.05) is 13.6 Å². The maximum absolute atomic E-state index is 13.2. The number of ketones is 1. The zero-order valence-electron chi connectivity index (χ0n) is 16.3. The summed E-state index contributed by atoms with van der Waals surface area (Å²) in [6.07, 6.45) is 2.98. The summed E-state index contributed by atoms with van der Waals surface area (Å²) >= 11 is 6.05. The molecule has 2 aliphatic rings. The first kappa shape index (κ1) is 20.0. The van der Waals surface area contributed by atoms with Gasteiger partial charge in [0.25, 0.3) is 0 Å². The van der Waals surface area contributed by atoms with Gasteiger partial charge < -0.3 is 5.32 Å². The molecule has 0 radical (unpaired) electrons. The minimum absolute atomic E-state index is 0.0891. The van der Waals surface area contributed by atoms with Gasteiger partial charge in [-0.2, -0.15) is 0 Å². The molecule has 4 atom stereocenters. The molecule has 2 fully saturated rings. The molecule has 6 heteroatoms. The van der Waals surface area contributed by atoms with Crippen molar-refractivity contribution in [2.45, 2.75) is 37.3 Å². The number of nitrogens with one attached hydrogen (secondary N) is 1. The van der Waals surface area contributed by atoms with E-state index in [9.17, 15) is 14.0 Å². The molecule has 1 amide bonds. The van der Waals surface area contributed by atoms with Gasteiger partial charge in [0.1, 0.15) is 5.82 Å². The number of nitrogens with zero attached hydrogens (tertiary/aromatic N) is 1. The molecule has 4 rings (SSSR count). The monoisotopic (exact) mass is 414 g/mol. The van der Waals surface area contributed by atoms with E-state index in [4.69, 9.17) is 11.6 Å². The number of halogens is 2. The Morgan fingerprint density at radius 3 is 2.48 bits per heavy atom. The van der Waals surface area contributed by atoms with E-state index in [2.05, 4.69) is 17.3 Å². The number of amides is 1. The van der Waals surface area contributed by atoms with Crippen LogP contribution in [0.1, 0.15) is 41.1 Å². The van der Waals surface area contributed by atoms with Crippen LogP contribution >= 0.6 is 11.6 Å². The van der Waals surface area contributed by atoms with Gasteiger partial charge in [0.15, 0.2) is 5.78 Å². The number of carbonyl (C=O) groups is 2. The number of hydrogen-bond donors (Lipinski definition) is 1. The molecule has 2 bridgehead atoms. The van der Waals surface area contributed by atoms with Crippen LogP contribution in [0.3, 0.4) is 0 Å². The van der Waals surface area contributed by atoms with Crippen LogP contribution in [0.4, 0.5) is 4.39 Å². The Kier molecular flexibility index (Phi) is 5.70. The van der Waals surface area contributed by atoms with Crippen LogP contribution in [-0.2, 0) is 4.79 Å². The molecule has 2 aromatic rings. The molecule has 2 heterocycles. The summed E-state index contributed by atoms with van der Waals surface area (Å²) in [6.45, 7) is -0.0891. The van der Waals surface area contributed by atoms with Gasteiger partial charge in [-0.1, -0.05) is 23.7 Å². The fraction of sp³-hybridized carbons (Fsp3) is 0.391. The average molecular weight is 415 g/mol. The van der Waals surface area contributed by atoms with Gasteiger partial charge >= 0.3 is 0 Å². The molecule has 2 saturated heterocycles. The van der Waals surface area contributed by atoms with Crippen molar-refractivity contribution in [1.29, 1.82) is 0 Å². The number of rotatable bonds is 5. The van der Waals surface area contributed by atoms with Crippen LogP contribution < -0.4 is 5.32 Å². The lowest BCUT2D eigenvalue weighted by atomic mass is 9.75. The van der Waals surface area contributed by atoms with Gasteiger partial charge in [0, 0.05) is 22.7 Å². The molecule has 2 aromatic carbocycles. The summed E-state index contributed by atoms with van der Waals surface area (Å²) in [6, 6.07) is 13.8. The number of Topliss-reactive ketones (excluding diaryl/α,β-unsaturated/α-hetero) is 1. The summed E-state index contributed by atoms with van der Waals surface area (Å²) in [5, 5.41) is 3.52. The third kappa shape index (κ3) is 4.07. The third-order valence-electron chi connectivity index (χ3n) is 6.46. The van der Waals surface area contributed by atoms with Gasteiger partial charge in [-0.15, -0.1) is 0 Å². The molecule has 29 heavy (non-hydrogen) atoms. The molecular formula is C23H24ClFN2O2. The van der Waals surface area contributed by atoms with Crippen LogP contribution in [0.5, 0.6) is 0 Å². The quantitative estimate of drug-likeness (QED) is 0.751. The highest BCUT2D eigenvalue weighted by molar-refractivity contribution is 6.30. The largest absolute Gasteiger partial charge is 0.348 e. The molecule has 0 unspecified atom stereocenters. The lowest BCUT2D eigenvalue weighted by Gasteiger charge is -2.42. The highest BCUT2D eigenvalue weighted by atomic mass is 35.5. The minimum atomic E-state index is -0.391. The minimum Gasteiger partial charge on any atom is -0.348 e. The normalized spacial score (nSPS) is 26.3. The van der Waals surface area contributed by atoms with E-state index in [1.54, 1.807) is 0 Å². The van der Waals surface area contributed by atoms with Crippen molar-refractivity contribution in [3.8, 4) is 0 Å². The number of carbonyl (C=O) groups excluding carboxylic acids is 2. The first-order chi connectivity index (χ1) is 13.9. The molecule has 0 aliphatic carbocycles. The summed E-state index contributed by atoms with van der Waals surface area (Å²) in [5.41, 5.74) is 1.51. The fourth-order valence-electron chi connectivity index (χ4n) is 4.90. The second-order valence-corrected chi connectivity index (χ2v) is 8.47. The second kappa shape index (κ2) is 8.25. The Bertz CT molecular complexity index is 900. The van der Waals surface area contributed by atoms with Crippen molar-refractivity contribution in [1.82, 2.24) is 10.2 Å². The highest BCUT2D eigenvalue weighted by Crippen LogP contribution is 2.46. The summed E-state index contributed by atoms with van der Waals surface area (Å²) in [4.78, 5) is 27.9. The van der Waals surface area contributed by atoms with E-state index in [1.165, 1.54) is 24.3 Å². The first-order valence-electron chi connectivity index (χ1n) is 9.98. The van der Waals surface area contributed by atoms with Crippen molar-refractivity contribution in [3.63, 3.8) is 0 Å². The van der Waals surface area contributed by atoms with Crippen molar-refractivity contribution < 1.29 is 14.0 Å². The van der Waals surface area contributed by atoms with E-state index in [0.717, 1.165) is 24.8 Å². The Morgan fingerprint density at radius 1 is 1.10 bits per heavy atom. The van der Waals surface area contributed by atoms with Crippen LogP contribution in [0.25, 0.3) is 0 Å². The molecule has 4 nitrogen and oxygen atoms in total. The Morgan fingerprint density at radius 2 is 1.79 bits per heavy atom. The fourth-order valence-corrected chi connectivity index (χ4v) is 5.03. The van der Waals surface area contributed by atoms with Gasteiger partial charge in [0.05, 0.1) is 12.5 Å². The number of fused-ring (bicyclic) bond motifs is 2. The zero-order valence-corrected chi connectivity index (χ0v) is 17.0. The highest BCUT2D eigenvalue weighted by Gasteiger charge is 2.48. The standard InChI is InChI=1S/C23H24ClFN2O2/c1-27-18-10-11-20(27)22(19(12-18)14-2-6-16(24)7-3-14)23(29)26-13-21(28)15-4-8-17(25)9-5-15/h2-9,18-20,22H,10-13H2,1H3,(H,26,29)/t18-,19+,20+,22-/m0/s1. The summed E-state index contributed by atoms with van der Waals surface area (Å²) in [7, 11) is 2.09. The average Bonchev–Trinajstić information content (AvgIpc) is 2.95. The van der Waals surface area contributed by atoms with Gasteiger partial charge in [-0.3, -0.25) is 14.5 Å². The smallest absolute Gasteiger partial charge is 0.225 e. The Labute approximate surface area is 175 Å². The first-order valence-corrected chi connectivity index (χ1v) is 10.4. The lowest BCUT2D eigenvalue weighted by molar-refractivity contribution is -0.129. The number of benzene rings is 2. The van der Waals surface area contributed by atoms with Crippen LogP contribution in [0, 0.1) is 11.7 Å². The van der Waals surface area contributed by atoms with E-state index in [0.29, 0.717) is 16.6 Å². The van der Waals surface area contributed by atoms with Crippen LogP contribution in [-0.4, -0.2) is 42.3 Å². The number of hydrogen-bond acceptors (Lipinski definition) is 3. The Hall–Kier alpha value is -2.24. The lowest BCUT2D eigenvalue weighted by Crippen LogP contribution is -2.52. The molecule has 152 valence electrons. The van der Waals surface area contributed by atoms with Gasteiger partial charge in [0.2, 0.25) is 5.91 Å². The van der Waals surface area contributed by atoms with Gasteiger partial charge in [-0.05, 0) is 74.2 Å². The molecule has 0 aromatic heterocycles. The molecule has 0 spiro atoms. The maximum Gasteiger partial charge on any atom is 0.225 e. The number of piperidine rings is 1. The zero-order chi connectivity index (χ0) is 20.5. The van der Waals surface area contributed by atoms with Crippen molar-refractivity contribution in [2.24, 2.45) is 5.92 Å². The van der Waals surface area contributed by atoms with Crippen molar-refractivity contribution >= 4 is 23.3 Å². The van der Waals surface area contributed by atoms with E-state index < -0.39 is 5.82 Å². The predicted molar refractivity (Wildman–Crippen MR) is 111 cm³/mol. The van der Waals surface area contributed by atoms with Crippen LogP contribution in [0.2, 0.25) is 5.02 Å². The van der Waals surface area contributed by atoms with E-state index in [1.807, 2.05) is 24.3 Å². The van der Waals surface area contributed by atoms with Gasteiger partial charge in [-0.25, -0.2) is 4.39 Å². The molecule has 2 aliphatic heterocycles. The maximum atomic E-state index is 13.2. The predicted octanol–water partition coefficient (Wildman–Crippen LogP) is 4.04. The summed E-state index contributed by atoms with van der Waals surface area (Å²) < 4.78 is 13.1.